The number of nitrogens with one attached hydrogen (secondary N) is 1. The van der Waals surface area contributed by atoms with Crippen LogP contribution in [0.4, 0.5) is 0 Å². The molecule has 5 aliphatic rings. The summed E-state index contributed by atoms with van der Waals surface area (Å²) in [6.07, 6.45) is 10.8. The molecule has 102 valence electrons. The highest BCUT2D eigenvalue weighted by Gasteiger charge is 2.54. The zero-order chi connectivity index (χ0) is 12.2. The number of likely N-dealkylation sites (N-methyl/N-ethyl adjacent to an activating group) is 1. The molecule has 0 aromatic rings. The number of hydrogen-bond acceptors (Lipinski definition) is 2. The maximum atomic E-state index is 3.60. The van der Waals surface area contributed by atoms with Crippen LogP contribution in [-0.2, 0) is 0 Å². The monoisotopic (exact) mass is 248 g/mol. The molecular formula is C16H28N2. The van der Waals surface area contributed by atoms with Crippen LogP contribution in [0.25, 0.3) is 0 Å². The second-order valence-corrected chi connectivity index (χ2v) is 7.82. The zero-order valence-corrected chi connectivity index (χ0v) is 11.8. The quantitative estimate of drug-likeness (QED) is 0.767. The lowest BCUT2D eigenvalue weighted by atomic mass is 9.47. The lowest BCUT2D eigenvalue weighted by Crippen LogP contribution is -2.56. The standard InChI is InChI=1S/C16H28N2/c1-18-5-4-17-3-2-15(18)16-9-12-6-13(10-16)8-14(7-12)11-16/h12-15,17H,2-11H2,1H3. The van der Waals surface area contributed by atoms with Crippen molar-refractivity contribution in [3.05, 3.63) is 0 Å². The van der Waals surface area contributed by atoms with Crippen molar-refractivity contribution >= 4 is 0 Å². The molecule has 2 nitrogen and oxygen atoms in total. The topological polar surface area (TPSA) is 15.3 Å². The fraction of sp³-hybridized carbons (Fsp3) is 1.00. The molecule has 0 radical (unpaired) electrons. The molecule has 1 aliphatic heterocycles. The molecule has 0 aromatic heterocycles. The summed E-state index contributed by atoms with van der Waals surface area (Å²) in [7, 11) is 2.39. The Labute approximate surface area is 111 Å². The summed E-state index contributed by atoms with van der Waals surface area (Å²) in [6, 6.07) is 0.876. The van der Waals surface area contributed by atoms with Crippen molar-refractivity contribution in [1.82, 2.24) is 10.2 Å². The second-order valence-electron chi connectivity index (χ2n) is 7.82. The van der Waals surface area contributed by atoms with Crippen LogP contribution in [-0.4, -0.2) is 37.6 Å². The van der Waals surface area contributed by atoms with E-state index >= 15 is 0 Å². The molecule has 18 heavy (non-hydrogen) atoms. The summed E-state index contributed by atoms with van der Waals surface area (Å²) < 4.78 is 0. The molecule has 2 heteroatoms. The van der Waals surface area contributed by atoms with Gasteiger partial charge in [-0.3, -0.25) is 0 Å². The van der Waals surface area contributed by atoms with Crippen molar-refractivity contribution in [2.75, 3.05) is 26.7 Å². The first-order valence-corrected chi connectivity index (χ1v) is 8.16. The molecule has 5 rings (SSSR count). The third kappa shape index (κ3) is 1.76. The van der Waals surface area contributed by atoms with Crippen LogP contribution in [0.2, 0.25) is 0 Å². The van der Waals surface area contributed by atoms with Crippen LogP contribution < -0.4 is 5.32 Å². The second kappa shape index (κ2) is 4.21. The molecular weight excluding hydrogens is 220 g/mol. The Hall–Kier alpha value is -0.0800. The van der Waals surface area contributed by atoms with Gasteiger partial charge in [0, 0.05) is 19.1 Å². The van der Waals surface area contributed by atoms with Crippen molar-refractivity contribution in [2.45, 2.75) is 51.0 Å². The van der Waals surface area contributed by atoms with Crippen LogP contribution in [0.1, 0.15) is 44.9 Å². The number of rotatable bonds is 1. The fourth-order valence-electron chi connectivity index (χ4n) is 6.35. The van der Waals surface area contributed by atoms with Crippen LogP contribution in [0.3, 0.4) is 0 Å². The number of hydrogen-bond donors (Lipinski definition) is 1. The fourth-order valence-corrected chi connectivity index (χ4v) is 6.35. The van der Waals surface area contributed by atoms with Gasteiger partial charge in [-0.25, -0.2) is 0 Å². The largest absolute Gasteiger partial charge is 0.315 e. The van der Waals surface area contributed by atoms with Gasteiger partial charge in [-0.1, -0.05) is 0 Å². The van der Waals surface area contributed by atoms with Crippen molar-refractivity contribution < 1.29 is 0 Å². The molecule has 1 N–H and O–H groups in total. The van der Waals surface area contributed by atoms with Gasteiger partial charge < -0.3 is 10.2 Å². The third-order valence-corrected chi connectivity index (χ3v) is 6.56. The highest BCUT2D eigenvalue weighted by atomic mass is 15.2. The Kier molecular flexibility index (Phi) is 2.74. The predicted molar refractivity (Wildman–Crippen MR) is 74.5 cm³/mol. The minimum atomic E-state index is 0.718. The van der Waals surface area contributed by atoms with Crippen molar-refractivity contribution in [2.24, 2.45) is 23.2 Å². The van der Waals surface area contributed by atoms with Gasteiger partial charge in [0.05, 0.1) is 0 Å². The molecule has 0 aromatic carbocycles. The van der Waals surface area contributed by atoms with E-state index in [1.54, 1.807) is 38.5 Å². The van der Waals surface area contributed by atoms with E-state index in [1.165, 1.54) is 26.1 Å². The molecule has 0 spiro atoms. The van der Waals surface area contributed by atoms with Gasteiger partial charge in [0.25, 0.3) is 0 Å². The first-order valence-electron chi connectivity index (χ1n) is 8.16. The lowest BCUT2D eigenvalue weighted by molar-refractivity contribution is -0.0964. The Balaban J connectivity index is 1.62. The summed E-state index contributed by atoms with van der Waals surface area (Å²) in [4.78, 5) is 2.70. The predicted octanol–water partition coefficient (Wildman–Crippen LogP) is 2.50. The maximum Gasteiger partial charge on any atom is 0.0162 e. The van der Waals surface area contributed by atoms with Crippen LogP contribution in [0.5, 0.6) is 0 Å². The first-order chi connectivity index (χ1) is 8.75. The van der Waals surface area contributed by atoms with Gasteiger partial charge in [-0.15, -0.1) is 0 Å². The van der Waals surface area contributed by atoms with Crippen molar-refractivity contribution in [1.29, 1.82) is 0 Å². The summed E-state index contributed by atoms with van der Waals surface area (Å²) in [5.41, 5.74) is 0.718. The van der Waals surface area contributed by atoms with Gasteiger partial charge in [0.1, 0.15) is 0 Å². The summed E-state index contributed by atoms with van der Waals surface area (Å²) in [5, 5.41) is 3.60. The summed E-state index contributed by atoms with van der Waals surface area (Å²) >= 11 is 0. The molecule has 1 saturated heterocycles. The normalized spacial score (nSPS) is 52.5. The van der Waals surface area contributed by atoms with Crippen LogP contribution in [0, 0.1) is 23.2 Å². The summed E-state index contributed by atoms with van der Waals surface area (Å²) in [6.45, 7) is 3.70. The van der Waals surface area contributed by atoms with Crippen LogP contribution >= 0.6 is 0 Å². The molecule has 4 saturated carbocycles. The smallest absolute Gasteiger partial charge is 0.0162 e. The Morgan fingerprint density at radius 3 is 2.17 bits per heavy atom. The van der Waals surface area contributed by atoms with Crippen LogP contribution in [0.15, 0.2) is 0 Å². The molecule has 1 atom stereocenters. The molecule has 4 bridgehead atoms. The zero-order valence-electron chi connectivity index (χ0n) is 11.8. The highest BCUT2D eigenvalue weighted by Crippen LogP contribution is 2.62. The Morgan fingerprint density at radius 2 is 1.56 bits per heavy atom. The van der Waals surface area contributed by atoms with E-state index in [-0.39, 0.29) is 0 Å². The van der Waals surface area contributed by atoms with E-state index in [2.05, 4.69) is 17.3 Å². The van der Waals surface area contributed by atoms with Gasteiger partial charge in [-0.2, -0.15) is 0 Å². The van der Waals surface area contributed by atoms with E-state index in [0.29, 0.717) is 0 Å². The van der Waals surface area contributed by atoms with E-state index in [4.69, 9.17) is 0 Å². The maximum absolute atomic E-state index is 3.60. The molecule has 5 fully saturated rings. The molecule has 0 amide bonds. The van der Waals surface area contributed by atoms with E-state index < -0.39 is 0 Å². The van der Waals surface area contributed by atoms with E-state index in [1.807, 2.05) is 0 Å². The Bertz CT molecular complexity index is 290. The summed E-state index contributed by atoms with van der Waals surface area (Å²) in [5.74, 6) is 3.29. The van der Waals surface area contributed by atoms with Gasteiger partial charge >= 0.3 is 0 Å². The van der Waals surface area contributed by atoms with Gasteiger partial charge in [-0.05, 0) is 81.7 Å². The molecule has 1 heterocycles. The average Bonchev–Trinajstić information content (AvgIpc) is 2.52. The lowest BCUT2D eigenvalue weighted by Gasteiger charge is -2.60. The van der Waals surface area contributed by atoms with Gasteiger partial charge in [0.15, 0.2) is 0 Å². The van der Waals surface area contributed by atoms with E-state index in [9.17, 15) is 0 Å². The van der Waals surface area contributed by atoms with Crippen molar-refractivity contribution in [3.8, 4) is 0 Å². The SMILES string of the molecule is CN1CCNCCC1C12CC3CC(CC(C3)C1)C2. The van der Waals surface area contributed by atoms with Crippen molar-refractivity contribution in [3.63, 3.8) is 0 Å². The van der Waals surface area contributed by atoms with Gasteiger partial charge in [0.2, 0.25) is 0 Å². The van der Waals surface area contributed by atoms with E-state index in [0.717, 1.165) is 29.2 Å². The molecule has 1 unspecified atom stereocenters. The minimum absolute atomic E-state index is 0.718. The molecule has 4 aliphatic carbocycles. The minimum Gasteiger partial charge on any atom is -0.315 e. The highest BCUT2D eigenvalue weighted by molar-refractivity contribution is 5.06. The number of nitrogens with zero attached hydrogens (tertiary/aromatic N) is 1. The Morgan fingerprint density at radius 1 is 0.944 bits per heavy atom. The third-order valence-electron chi connectivity index (χ3n) is 6.56. The first kappa shape index (κ1) is 11.7. The average molecular weight is 248 g/mol.